The van der Waals surface area contributed by atoms with Crippen LogP contribution in [0.3, 0.4) is 0 Å². The Balaban J connectivity index is 1.69. The third-order valence-electron chi connectivity index (χ3n) is 3.69. The van der Waals surface area contributed by atoms with E-state index in [-0.39, 0.29) is 11.4 Å². The molecule has 1 aliphatic heterocycles. The van der Waals surface area contributed by atoms with Crippen molar-refractivity contribution in [2.75, 3.05) is 11.9 Å². The molecule has 0 saturated carbocycles. The fourth-order valence-electron chi connectivity index (χ4n) is 2.47. The molecule has 2 N–H and O–H groups in total. The van der Waals surface area contributed by atoms with Crippen molar-refractivity contribution in [2.24, 2.45) is 0 Å². The quantitative estimate of drug-likeness (QED) is 0.748. The summed E-state index contributed by atoms with van der Waals surface area (Å²) in [7, 11) is 0. The largest absolute Gasteiger partial charge is 0.494 e. The van der Waals surface area contributed by atoms with Gasteiger partial charge in [-0.15, -0.1) is 0 Å². The molecule has 3 rings (SSSR count). The maximum absolute atomic E-state index is 12.2. The molecule has 130 valence electrons. The first-order valence-electron chi connectivity index (χ1n) is 8.00. The predicted molar refractivity (Wildman–Crippen MR) is 105 cm³/mol. The number of benzene rings is 2. The highest BCUT2D eigenvalue weighted by molar-refractivity contribution is 8.05. The van der Waals surface area contributed by atoms with E-state index >= 15 is 0 Å². The van der Waals surface area contributed by atoms with E-state index in [0.717, 1.165) is 22.6 Å². The lowest BCUT2D eigenvalue weighted by Crippen LogP contribution is -2.31. The molecule has 6 heteroatoms. The van der Waals surface area contributed by atoms with Gasteiger partial charge in [0.1, 0.15) is 5.75 Å². The molecule has 2 aromatic carbocycles. The van der Waals surface area contributed by atoms with Crippen LogP contribution in [-0.2, 0) is 4.79 Å². The molecule has 1 heterocycles. The molecular weight excluding hydrogens is 356 g/mol. The zero-order valence-corrected chi connectivity index (χ0v) is 15.6. The SMILES string of the molecule is CCOc1ccc(/C=C2\SC(Nc3ccc(Cl)cc3C)NC2=O)cc1. The van der Waals surface area contributed by atoms with E-state index in [1.165, 1.54) is 11.8 Å². The second kappa shape index (κ2) is 7.85. The molecule has 1 unspecified atom stereocenters. The summed E-state index contributed by atoms with van der Waals surface area (Å²) in [5.41, 5.74) is 2.74. The Kier molecular flexibility index (Phi) is 5.56. The molecule has 0 aromatic heterocycles. The molecule has 2 aromatic rings. The van der Waals surface area contributed by atoms with E-state index in [4.69, 9.17) is 16.3 Å². The average molecular weight is 375 g/mol. The minimum absolute atomic E-state index is 0.0806. The van der Waals surface area contributed by atoms with Gasteiger partial charge in [-0.3, -0.25) is 4.79 Å². The molecule has 1 aliphatic rings. The third kappa shape index (κ3) is 4.50. The van der Waals surface area contributed by atoms with E-state index in [1.54, 1.807) is 0 Å². The highest BCUT2D eigenvalue weighted by Crippen LogP contribution is 2.31. The summed E-state index contributed by atoms with van der Waals surface area (Å²) >= 11 is 7.44. The average Bonchev–Trinajstić information content (AvgIpc) is 2.92. The van der Waals surface area contributed by atoms with Gasteiger partial charge in [0.25, 0.3) is 5.91 Å². The van der Waals surface area contributed by atoms with Gasteiger partial charge in [0.15, 0.2) is 5.50 Å². The number of carbonyl (C=O) groups is 1. The van der Waals surface area contributed by atoms with Crippen LogP contribution in [0.5, 0.6) is 5.75 Å². The standard InChI is InChI=1S/C19H19ClN2O2S/c1-3-24-15-7-4-13(5-8-15)11-17-18(23)22-19(25-17)21-16-9-6-14(20)10-12(16)2/h4-11,19,21H,3H2,1-2H3,(H,22,23)/b17-11-. The van der Waals surface area contributed by atoms with Gasteiger partial charge in [-0.1, -0.05) is 35.5 Å². The van der Waals surface area contributed by atoms with E-state index in [0.29, 0.717) is 16.5 Å². The molecule has 0 bridgehead atoms. The first-order chi connectivity index (χ1) is 12.0. The Bertz CT molecular complexity index is 806. The summed E-state index contributed by atoms with van der Waals surface area (Å²) in [5, 5.41) is 6.95. The van der Waals surface area contributed by atoms with Crippen LogP contribution in [0.2, 0.25) is 5.02 Å². The fraction of sp³-hybridized carbons (Fsp3) is 0.211. The van der Waals surface area contributed by atoms with Crippen LogP contribution in [-0.4, -0.2) is 18.0 Å². The van der Waals surface area contributed by atoms with Crippen LogP contribution in [0, 0.1) is 6.92 Å². The van der Waals surface area contributed by atoms with Gasteiger partial charge in [-0.25, -0.2) is 0 Å². The van der Waals surface area contributed by atoms with Gasteiger partial charge in [0.2, 0.25) is 0 Å². The number of aryl methyl sites for hydroxylation is 1. The fourth-order valence-corrected chi connectivity index (χ4v) is 3.68. The number of ether oxygens (including phenoxy) is 1. The van der Waals surface area contributed by atoms with E-state index in [1.807, 2.05) is 62.4 Å². The summed E-state index contributed by atoms with van der Waals surface area (Å²) in [6.45, 7) is 4.56. The highest BCUT2D eigenvalue weighted by Gasteiger charge is 2.27. The van der Waals surface area contributed by atoms with Gasteiger partial charge in [0, 0.05) is 10.7 Å². The van der Waals surface area contributed by atoms with E-state index < -0.39 is 0 Å². The number of thioether (sulfide) groups is 1. The number of hydrogen-bond donors (Lipinski definition) is 2. The molecular formula is C19H19ClN2O2S. The monoisotopic (exact) mass is 374 g/mol. The van der Waals surface area contributed by atoms with Gasteiger partial charge in [0.05, 0.1) is 11.5 Å². The first-order valence-corrected chi connectivity index (χ1v) is 9.25. The van der Waals surface area contributed by atoms with Crippen LogP contribution >= 0.6 is 23.4 Å². The zero-order valence-electron chi connectivity index (χ0n) is 14.0. The molecule has 0 radical (unpaired) electrons. The minimum Gasteiger partial charge on any atom is -0.494 e. The topological polar surface area (TPSA) is 50.4 Å². The molecule has 4 nitrogen and oxygen atoms in total. The van der Waals surface area contributed by atoms with Crippen molar-refractivity contribution >= 4 is 41.0 Å². The van der Waals surface area contributed by atoms with Crippen molar-refractivity contribution in [1.29, 1.82) is 0 Å². The van der Waals surface area contributed by atoms with Crippen molar-refractivity contribution in [3.63, 3.8) is 0 Å². The first kappa shape index (κ1) is 17.7. The van der Waals surface area contributed by atoms with E-state index in [9.17, 15) is 4.79 Å². The van der Waals surface area contributed by atoms with Crippen molar-refractivity contribution in [3.05, 3.63) is 63.5 Å². The number of rotatable bonds is 5. The predicted octanol–water partition coefficient (Wildman–Crippen LogP) is 4.65. The second-order valence-corrected chi connectivity index (χ2v) is 7.17. The lowest BCUT2D eigenvalue weighted by atomic mass is 10.2. The molecule has 25 heavy (non-hydrogen) atoms. The number of carbonyl (C=O) groups excluding carboxylic acids is 1. The Morgan fingerprint density at radius 1 is 1.28 bits per heavy atom. The summed E-state index contributed by atoms with van der Waals surface area (Å²) in [4.78, 5) is 12.9. The number of anilines is 1. The Morgan fingerprint density at radius 2 is 2.04 bits per heavy atom. The minimum atomic E-state index is -0.207. The molecule has 1 saturated heterocycles. The van der Waals surface area contributed by atoms with Crippen LogP contribution in [0.25, 0.3) is 6.08 Å². The van der Waals surface area contributed by atoms with Gasteiger partial charge in [-0.2, -0.15) is 0 Å². The Hall–Kier alpha value is -2.11. The smallest absolute Gasteiger partial charge is 0.260 e. The van der Waals surface area contributed by atoms with Crippen molar-refractivity contribution in [1.82, 2.24) is 5.32 Å². The molecule has 1 fully saturated rings. The van der Waals surface area contributed by atoms with Crippen molar-refractivity contribution in [3.8, 4) is 5.75 Å². The molecule has 1 atom stereocenters. The molecule has 0 spiro atoms. The number of amides is 1. The van der Waals surface area contributed by atoms with Crippen LogP contribution in [0.15, 0.2) is 47.4 Å². The van der Waals surface area contributed by atoms with Crippen molar-refractivity contribution in [2.45, 2.75) is 19.3 Å². The maximum atomic E-state index is 12.2. The molecule has 0 aliphatic carbocycles. The normalized spacial score (nSPS) is 18.3. The van der Waals surface area contributed by atoms with Crippen LogP contribution in [0.4, 0.5) is 5.69 Å². The Labute approximate surface area is 156 Å². The third-order valence-corrected chi connectivity index (χ3v) is 4.96. The van der Waals surface area contributed by atoms with Gasteiger partial charge >= 0.3 is 0 Å². The Morgan fingerprint density at radius 3 is 2.72 bits per heavy atom. The summed E-state index contributed by atoms with van der Waals surface area (Å²) in [6, 6.07) is 13.3. The summed E-state index contributed by atoms with van der Waals surface area (Å²) < 4.78 is 5.43. The number of hydrogen-bond acceptors (Lipinski definition) is 4. The van der Waals surface area contributed by atoms with Gasteiger partial charge < -0.3 is 15.4 Å². The van der Waals surface area contributed by atoms with Crippen LogP contribution in [0.1, 0.15) is 18.1 Å². The lowest BCUT2D eigenvalue weighted by molar-refractivity contribution is -0.116. The molecule has 1 amide bonds. The lowest BCUT2D eigenvalue weighted by Gasteiger charge is -2.15. The highest BCUT2D eigenvalue weighted by atomic mass is 35.5. The number of halogens is 1. The van der Waals surface area contributed by atoms with Crippen molar-refractivity contribution < 1.29 is 9.53 Å². The second-order valence-electron chi connectivity index (χ2n) is 5.59. The van der Waals surface area contributed by atoms with E-state index in [2.05, 4.69) is 10.6 Å². The zero-order chi connectivity index (χ0) is 17.8. The maximum Gasteiger partial charge on any atom is 0.260 e. The van der Waals surface area contributed by atoms with Gasteiger partial charge in [-0.05, 0) is 61.4 Å². The summed E-state index contributed by atoms with van der Waals surface area (Å²) in [5.74, 6) is 0.744. The van der Waals surface area contributed by atoms with Crippen LogP contribution < -0.4 is 15.4 Å². The summed E-state index contributed by atoms with van der Waals surface area (Å²) in [6.07, 6.45) is 1.88. The number of nitrogens with one attached hydrogen (secondary N) is 2.